The third-order valence-electron chi connectivity index (χ3n) is 1.95. The first-order chi connectivity index (χ1) is 5.57. The fraction of sp³-hybridized carbons (Fsp3) is 0.875. The molecule has 0 saturated carbocycles. The molecule has 0 heterocycles. The summed E-state index contributed by atoms with van der Waals surface area (Å²) in [6.07, 6.45) is 0.127. The van der Waals surface area contributed by atoms with E-state index < -0.39 is 5.97 Å². The van der Waals surface area contributed by atoms with E-state index in [1.165, 1.54) is 0 Å². The minimum Gasteiger partial charge on any atom is -0.481 e. The van der Waals surface area contributed by atoms with Gasteiger partial charge in [-0.05, 0) is 12.8 Å². The number of aliphatic hydroxyl groups is 1. The molecule has 0 radical (unpaired) electrons. The molecule has 0 saturated heterocycles. The number of carboxylic acids is 1. The number of hydrogen-bond donors (Lipinski definition) is 3. The van der Waals surface area contributed by atoms with Crippen LogP contribution in [-0.2, 0) is 4.79 Å². The minimum atomic E-state index is -0.800. The lowest BCUT2D eigenvalue weighted by Crippen LogP contribution is -2.35. The van der Waals surface area contributed by atoms with E-state index in [-0.39, 0.29) is 25.0 Å². The molecule has 0 aliphatic carbocycles. The van der Waals surface area contributed by atoms with Gasteiger partial charge in [0, 0.05) is 19.2 Å². The summed E-state index contributed by atoms with van der Waals surface area (Å²) in [5, 5.41) is 20.1. The van der Waals surface area contributed by atoms with Crippen molar-refractivity contribution in [3.63, 3.8) is 0 Å². The van der Waals surface area contributed by atoms with Gasteiger partial charge in [0.1, 0.15) is 0 Å². The Morgan fingerprint density at radius 3 is 2.50 bits per heavy atom. The van der Waals surface area contributed by atoms with Gasteiger partial charge in [-0.15, -0.1) is 0 Å². The Bertz CT molecular complexity index is 138. The highest BCUT2D eigenvalue weighted by atomic mass is 16.4. The molecule has 0 spiro atoms. The highest BCUT2D eigenvalue weighted by molar-refractivity contribution is 5.66. The van der Waals surface area contributed by atoms with Crippen molar-refractivity contribution >= 4 is 5.97 Å². The third-order valence-corrected chi connectivity index (χ3v) is 1.95. The van der Waals surface area contributed by atoms with Crippen molar-refractivity contribution in [1.82, 2.24) is 5.32 Å². The van der Waals surface area contributed by atoms with E-state index in [2.05, 4.69) is 5.32 Å². The average molecular weight is 175 g/mol. The van der Waals surface area contributed by atoms with Crippen LogP contribution < -0.4 is 5.32 Å². The van der Waals surface area contributed by atoms with Crippen molar-refractivity contribution in [3.05, 3.63) is 0 Å². The Balaban J connectivity index is 3.43. The lowest BCUT2D eigenvalue weighted by atomic mass is 10.1. The van der Waals surface area contributed by atoms with Gasteiger partial charge in [0.05, 0.1) is 6.42 Å². The molecule has 3 N–H and O–H groups in total. The van der Waals surface area contributed by atoms with Gasteiger partial charge in [-0.3, -0.25) is 4.79 Å². The molecule has 0 aliphatic rings. The Morgan fingerprint density at radius 2 is 2.08 bits per heavy atom. The molecule has 0 bridgehead atoms. The molecule has 0 aliphatic heterocycles. The maximum absolute atomic E-state index is 10.1. The molecule has 0 aromatic carbocycles. The standard InChI is InChI=1S/C8H17NO3/c1-6(5-10)7(2)9-4-3-8(11)12/h6-7,9-10H,3-5H2,1-2H3,(H,11,12). The topological polar surface area (TPSA) is 69.6 Å². The van der Waals surface area contributed by atoms with Crippen LogP contribution in [0.25, 0.3) is 0 Å². The Kier molecular flexibility index (Phi) is 5.66. The van der Waals surface area contributed by atoms with Gasteiger partial charge >= 0.3 is 5.97 Å². The number of aliphatic carboxylic acids is 1. The molecule has 0 aromatic rings. The normalized spacial score (nSPS) is 15.6. The molecule has 2 atom stereocenters. The van der Waals surface area contributed by atoms with Crippen molar-refractivity contribution in [2.24, 2.45) is 5.92 Å². The first kappa shape index (κ1) is 11.4. The van der Waals surface area contributed by atoms with E-state index in [9.17, 15) is 4.79 Å². The molecule has 0 rings (SSSR count). The van der Waals surface area contributed by atoms with Gasteiger partial charge in [0.15, 0.2) is 0 Å². The maximum atomic E-state index is 10.1. The van der Waals surface area contributed by atoms with Crippen LogP contribution in [0.3, 0.4) is 0 Å². The third kappa shape index (κ3) is 5.09. The summed E-state index contributed by atoms with van der Waals surface area (Å²) in [5.74, 6) is -0.634. The number of carboxylic acid groups (broad SMARTS) is 1. The molecule has 0 fully saturated rings. The first-order valence-corrected chi connectivity index (χ1v) is 4.14. The molecule has 2 unspecified atom stereocenters. The van der Waals surface area contributed by atoms with Crippen LogP contribution in [0.15, 0.2) is 0 Å². The zero-order valence-corrected chi connectivity index (χ0v) is 7.58. The number of hydrogen-bond acceptors (Lipinski definition) is 3. The largest absolute Gasteiger partial charge is 0.481 e. The summed E-state index contributed by atoms with van der Waals surface area (Å²) in [4.78, 5) is 10.1. The van der Waals surface area contributed by atoms with Gasteiger partial charge in [0.2, 0.25) is 0 Å². The lowest BCUT2D eigenvalue weighted by Gasteiger charge is -2.18. The van der Waals surface area contributed by atoms with E-state index in [4.69, 9.17) is 10.2 Å². The van der Waals surface area contributed by atoms with E-state index >= 15 is 0 Å². The second-order valence-electron chi connectivity index (χ2n) is 3.05. The van der Waals surface area contributed by atoms with Crippen molar-refractivity contribution in [1.29, 1.82) is 0 Å². The Morgan fingerprint density at radius 1 is 1.50 bits per heavy atom. The minimum absolute atomic E-state index is 0.126. The second-order valence-corrected chi connectivity index (χ2v) is 3.05. The van der Waals surface area contributed by atoms with Gasteiger partial charge in [0.25, 0.3) is 0 Å². The van der Waals surface area contributed by atoms with Crippen LogP contribution >= 0.6 is 0 Å². The van der Waals surface area contributed by atoms with Crippen LogP contribution in [0.4, 0.5) is 0 Å². The zero-order valence-electron chi connectivity index (χ0n) is 7.58. The highest BCUT2D eigenvalue weighted by Crippen LogP contribution is 1.99. The van der Waals surface area contributed by atoms with Crippen molar-refractivity contribution < 1.29 is 15.0 Å². The fourth-order valence-electron chi connectivity index (χ4n) is 0.766. The van der Waals surface area contributed by atoms with Gasteiger partial charge in [-0.25, -0.2) is 0 Å². The monoisotopic (exact) mass is 175 g/mol. The van der Waals surface area contributed by atoms with Crippen LogP contribution in [0, 0.1) is 5.92 Å². The van der Waals surface area contributed by atoms with Crippen LogP contribution in [0.2, 0.25) is 0 Å². The smallest absolute Gasteiger partial charge is 0.304 e. The van der Waals surface area contributed by atoms with Gasteiger partial charge in [-0.2, -0.15) is 0 Å². The van der Waals surface area contributed by atoms with Crippen molar-refractivity contribution in [2.45, 2.75) is 26.3 Å². The summed E-state index contributed by atoms with van der Waals surface area (Å²) in [6, 6.07) is 0.161. The highest BCUT2D eigenvalue weighted by Gasteiger charge is 2.09. The lowest BCUT2D eigenvalue weighted by molar-refractivity contribution is -0.136. The number of rotatable bonds is 6. The van der Waals surface area contributed by atoms with Gasteiger partial charge in [-0.1, -0.05) is 6.92 Å². The zero-order chi connectivity index (χ0) is 9.56. The van der Waals surface area contributed by atoms with Crippen molar-refractivity contribution in [2.75, 3.05) is 13.2 Å². The summed E-state index contributed by atoms with van der Waals surface area (Å²) in [5.41, 5.74) is 0. The molecule has 12 heavy (non-hydrogen) atoms. The number of nitrogens with one attached hydrogen (secondary N) is 1. The average Bonchev–Trinajstić information content (AvgIpc) is 2.02. The molecule has 0 aromatic heterocycles. The second kappa shape index (κ2) is 5.97. The summed E-state index contributed by atoms with van der Waals surface area (Å²) in [6.45, 7) is 4.43. The van der Waals surface area contributed by atoms with Crippen LogP contribution in [0.5, 0.6) is 0 Å². The number of aliphatic hydroxyl groups excluding tert-OH is 1. The molecule has 4 nitrogen and oxygen atoms in total. The summed E-state index contributed by atoms with van der Waals surface area (Å²) in [7, 11) is 0. The predicted octanol–water partition coefficient (Wildman–Crippen LogP) is 0.0676. The first-order valence-electron chi connectivity index (χ1n) is 4.14. The fourth-order valence-corrected chi connectivity index (χ4v) is 0.766. The van der Waals surface area contributed by atoms with E-state index in [0.29, 0.717) is 6.54 Å². The van der Waals surface area contributed by atoms with Gasteiger partial charge < -0.3 is 15.5 Å². The van der Waals surface area contributed by atoms with E-state index in [1.54, 1.807) is 0 Å². The maximum Gasteiger partial charge on any atom is 0.304 e. The van der Waals surface area contributed by atoms with Crippen molar-refractivity contribution in [3.8, 4) is 0 Å². The quantitative estimate of drug-likeness (QED) is 0.534. The van der Waals surface area contributed by atoms with E-state index in [1.807, 2.05) is 13.8 Å². The SMILES string of the molecule is CC(CO)C(C)NCCC(=O)O. The summed E-state index contributed by atoms with van der Waals surface area (Å²) >= 11 is 0. The molecule has 72 valence electrons. The molecule has 0 amide bonds. The van der Waals surface area contributed by atoms with Crippen LogP contribution in [0.1, 0.15) is 20.3 Å². The predicted molar refractivity (Wildman–Crippen MR) is 46.0 cm³/mol. The molecule has 4 heteroatoms. The Hall–Kier alpha value is -0.610. The van der Waals surface area contributed by atoms with E-state index in [0.717, 1.165) is 0 Å². The summed E-state index contributed by atoms with van der Waals surface area (Å²) < 4.78 is 0. The number of carbonyl (C=O) groups is 1. The molecular weight excluding hydrogens is 158 g/mol. The molecular formula is C8H17NO3. The van der Waals surface area contributed by atoms with Crippen LogP contribution in [-0.4, -0.2) is 35.4 Å². The Labute approximate surface area is 72.6 Å².